The molecule has 2 atom stereocenters. The molecule has 2 aliphatic heterocycles. The molecule has 0 radical (unpaired) electrons. The van der Waals surface area contributed by atoms with Crippen molar-refractivity contribution < 1.29 is 19.8 Å². The summed E-state index contributed by atoms with van der Waals surface area (Å²) in [4.78, 5) is 26.3. The van der Waals surface area contributed by atoms with Gasteiger partial charge in [-0.1, -0.05) is 13.8 Å². The molecule has 0 aromatic rings. The largest absolute Gasteiger partial charge is 0.480 e. The van der Waals surface area contributed by atoms with Crippen LogP contribution in [-0.2, 0) is 4.79 Å². The Balaban J connectivity index is 2.07. The summed E-state index contributed by atoms with van der Waals surface area (Å²) >= 11 is 0. The van der Waals surface area contributed by atoms with E-state index in [1.165, 1.54) is 4.90 Å². The highest BCUT2D eigenvalue weighted by atomic mass is 16.4. The molecule has 2 heterocycles. The molecule has 6 nitrogen and oxygen atoms in total. The van der Waals surface area contributed by atoms with Crippen molar-refractivity contribution in [2.45, 2.75) is 38.8 Å². The Hall–Kier alpha value is -1.30. The van der Waals surface area contributed by atoms with Crippen LogP contribution in [0.4, 0.5) is 4.79 Å². The van der Waals surface area contributed by atoms with Crippen LogP contribution in [0.1, 0.15) is 26.7 Å². The fourth-order valence-electron chi connectivity index (χ4n) is 2.72. The molecule has 2 amide bonds. The summed E-state index contributed by atoms with van der Waals surface area (Å²) in [5.74, 6) is -1.04. The second kappa shape index (κ2) is 4.42. The molecule has 2 aliphatic rings. The summed E-state index contributed by atoms with van der Waals surface area (Å²) in [7, 11) is 0. The minimum absolute atomic E-state index is 0.0900. The summed E-state index contributed by atoms with van der Waals surface area (Å²) in [6.07, 6.45) is 0.316. The number of carboxylic acids is 1. The van der Waals surface area contributed by atoms with E-state index in [1.54, 1.807) is 4.90 Å². The molecule has 2 rings (SSSR count). The lowest BCUT2D eigenvalue weighted by atomic mass is 9.93. The van der Waals surface area contributed by atoms with E-state index in [4.69, 9.17) is 5.11 Å². The van der Waals surface area contributed by atoms with Crippen LogP contribution in [0.5, 0.6) is 0 Å². The van der Waals surface area contributed by atoms with E-state index in [1.807, 2.05) is 0 Å². The van der Waals surface area contributed by atoms with Crippen molar-refractivity contribution in [3.05, 3.63) is 0 Å². The third kappa shape index (κ3) is 2.43. The second-order valence-corrected chi connectivity index (χ2v) is 6.01. The number of carboxylic acid groups (broad SMARTS) is 1. The van der Waals surface area contributed by atoms with Gasteiger partial charge in [0.2, 0.25) is 0 Å². The number of amides is 2. The minimum Gasteiger partial charge on any atom is -0.480 e. The molecular weight excluding hydrogens is 236 g/mol. The van der Waals surface area contributed by atoms with Crippen LogP contribution >= 0.6 is 0 Å². The van der Waals surface area contributed by atoms with E-state index in [-0.39, 0.29) is 24.4 Å². The van der Waals surface area contributed by atoms with Crippen LogP contribution in [0.15, 0.2) is 0 Å². The standard InChI is InChI=1S/C12H20N2O4/c1-12(2)3-4-13(7-12)11(18)14-6-8(15)5-9(14)10(16)17/h8-9,15H,3-7H2,1-2H3,(H,16,17). The van der Waals surface area contributed by atoms with E-state index in [9.17, 15) is 14.7 Å². The lowest BCUT2D eigenvalue weighted by molar-refractivity contribution is -0.141. The summed E-state index contributed by atoms with van der Waals surface area (Å²) in [6, 6.07) is -1.15. The van der Waals surface area contributed by atoms with Gasteiger partial charge in [-0.05, 0) is 11.8 Å². The predicted octanol–water partition coefficient (Wildman–Crippen LogP) is 0.358. The second-order valence-electron chi connectivity index (χ2n) is 6.01. The topological polar surface area (TPSA) is 81.1 Å². The molecule has 102 valence electrons. The number of aliphatic hydroxyl groups is 1. The van der Waals surface area contributed by atoms with E-state index in [0.717, 1.165) is 6.42 Å². The van der Waals surface area contributed by atoms with Gasteiger partial charge in [-0.15, -0.1) is 0 Å². The number of aliphatic hydroxyl groups excluding tert-OH is 1. The van der Waals surface area contributed by atoms with Gasteiger partial charge in [-0.25, -0.2) is 9.59 Å². The van der Waals surface area contributed by atoms with Crippen molar-refractivity contribution in [1.29, 1.82) is 0 Å². The average Bonchev–Trinajstić information content (AvgIpc) is 2.80. The fraction of sp³-hybridized carbons (Fsp3) is 0.833. The van der Waals surface area contributed by atoms with Gasteiger partial charge in [0.15, 0.2) is 0 Å². The van der Waals surface area contributed by atoms with E-state index in [2.05, 4.69) is 13.8 Å². The van der Waals surface area contributed by atoms with E-state index < -0.39 is 18.1 Å². The van der Waals surface area contributed by atoms with Crippen molar-refractivity contribution in [3.63, 3.8) is 0 Å². The van der Waals surface area contributed by atoms with E-state index >= 15 is 0 Å². The Morgan fingerprint density at radius 2 is 2.00 bits per heavy atom. The number of likely N-dealkylation sites (tertiary alicyclic amines) is 2. The summed E-state index contributed by atoms with van der Waals surface area (Å²) in [6.45, 7) is 5.60. The van der Waals surface area contributed by atoms with Crippen LogP contribution in [0.2, 0.25) is 0 Å². The molecule has 2 saturated heterocycles. The molecule has 0 aromatic heterocycles. The molecule has 0 aliphatic carbocycles. The number of aliphatic carboxylic acids is 1. The van der Waals surface area contributed by atoms with Crippen LogP contribution in [0.3, 0.4) is 0 Å². The first-order valence-corrected chi connectivity index (χ1v) is 6.26. The fourth-order valence-corrected chi connectivity index (χ4v) is 2.72. The first-order valence-electron chi connectivity index (χ1n) is 6.26. The van der Waals surface area contributed by atoms with Gasteiger partial charge < -0.3 is 20.0 Å². The van der Waals surface area contributed by atoms with Crippen molar-refractivity contribution >= 4 is 12.0 Å². The third-order valence-corrected chi connectivity index (χ3v) is 3.76. The molecule has 2 unspecified atom stereocenters. The lowest BCUT2D eigenvalue weighted by Crippen LogP contribution is -2.47. The summed E-state index contributed by atoms with van der Waals surface area (Å²) in [5, 5.41) is 18.6. The molecule has 2 N–H and O–H groups in total. The van der Waals surface area contributed by atoms with Gasteiger partial charge in [0.05, 0.1) is 6.10 Å². The number of rotatable bonds is 1. The Morgan fingerprint density at radius 1 is 1.33 bits per heavy atom. The first kappa shape index (κ1) is 13.1. The molecule has 2 fully saturated rings. The molecule has 18 heavy (non-hydrogen) atoms. The zero-order chi connectivity index (χ0) is 13.5. The van der Waals surface area contributed by atoms with Crippen molar-refractivity contribution in [2.75, 3.05) is 19.6 Å². The Bertz CT molecular complexity index is 369. The van der Waals surface area contributed by atoms with E-state index in [0.29, 0.717) is 13.1 Å². The quantitative estimate of drug-likeness (QED) is 0.709. The number of urea groups is 1. The number of hydrogen-bond acceptors (Lipinski definition) is 3. The summed E-state index contributed by atoms with van der Waals surface area (Å²) < 4.78 is 0. The minimum atomic E-state index is -1.04. The predicted molar refractivity (Wildman–Crippen MR) is 64.1 cm³/mol. The average molecular weight is 256 g/mol. The smallest absolute Gasteiger partial charge is 0.326 e. The normalized spacial score (nSPS) is 30.8. The van der Waals surface area contributed by atoms with Crippen molar-refractivity contribution in [2.24, 2.45) is 5.41 Å². The van der Waals surface area contributed by atoms with Crippen LogP contribution < -0.4 is 0 Å². The lowest BCUT2D eigenvalue weighted by Gasteiger charge is -2.28. The molecule has 0 spiro atoms. The van der Waals surface area contributed by atoms with Crippen LogP contribution in [0, 0.1) is 5.41 Å². The Labute approximate surface area is 106 Å². The zero-order valence-electron chi connectivity index (χ0n) is 10.8. The number of nitrogens with zero attached hydrogens (tertiary/aromatic N) is 2. The third-order valence-electron chi connectivity index (χ3n) is 3.76. The van der Waals surface area contributed by atoms with Crippen molar-refractivity contribution in [1.82, 2.24) is 9.80 Å². The highest BCUT2D eigenvalue weighted by molar-refractivity contribution is 5.83. The zero-order valence-corrected chi connectivity index (χ0v) is 10.8. The number of hydrogen-bond donors (Lipinski definition) is 2. The molecule has 0 saturated carbocycles. The highest BCUT2D eigenvalue weighted by Crippen LogP contribution is 2.30. The maximum absolute atomic E-state index is 12.3. The maximum atomic E-state index is 12.3. The van der Waals surface area contributed by atoms with Gasteiger partial charge in [-0.2, -0.15) is 0 Å². The highest BCUT2D eigenvalue weighted by Gasteiger charge is 2.42. The molecular formula is C12H20N2O4. The monoisotopic (exact) mass is 256 g/mol. The Kier molecular flexibility index (Phi) is 3.23. The number of carbonyl (C=O) groups is 2. The number of carbonyl (C=O) groups excluding carboxylic acids is 1. The van der Waals surface area contributed by atoms with Gasteiger partial charge in [-0.3, -0.25) is 0 Å². The molecule has 6 heteroatoms. The number of β-amino-alcohol motifs (C(OH)–C–C–N with tert-alkyl or cyclic N) is 1. The molecule has 0 aromatic carbocycles. The Morgan fingerprint density at radius 3 is 2.50 bits per heavy atom. The van der Waals surface area contributed by atoms with Gasteiger partial charge in [0, 0.05) is 26.1 Å². The first-order chi connectivity index (χ1) is 8.30. The van der Waals surface area contributed by atoms with Gasteiger partial charge >= 0.3 is 12.0 Å². The molecule has 0 bridgehead atoms. The van der Waals surface area contributed by atoms with Gasteiger partial charge in [0.1, 0.15) is 6.04 Å². The van der Waals surface area contributed by atoms with Crippen molar-refractivity contribution in [3.8, 4) is 0 Å². The van der Waals surface area contributed by atoms with Gasteiger partial charge in [0.25, 0.3) is 0 Å². The SMILES string of the molecule is CC1(C)CCN(C(=O)N2CC(O)CC2C(=O)O)C1. The maximum Gasteiger partial charge on any atom is 0.326 e. The van der Waals surface area contributed by atoms with Crippen LogP contribution in [0.25, 0.3) is 0 Å². The van der Waals surface area contributed by atoms with Crippen LogP contribution in [-0.4, -0.2) is 63.8 Å². The summed E-state index contributed by atoms with van der Waals surface area (Å²) in [5.41, 5.74) is 0.0900.